The molecule has 5 rings (SSSR count). The molecule has 0 spiro atoms. The molecule has 0 fully saturated rings. The van der Waals surface area contributed by atoms with Crippen LogP contribution < -0.4 is 10.6 Å². The van der Waals surface area contributed by atoms with E-state index in [2.05, 4.69) is 10.6 Å². The average molecular weight is 396 g/mol. The van der Waals surface area contributed by atoms with Crippen LogP contribution in [0.5, 0.6) is 5.75 Å². The number of para-hydroxylation sites is 3. The number of phenolic OH excluding ortho intramolecular Hbond substituents is 1. The normalized spacial score (nSPS) is 15.6. The molecule has 1 aromatic heterocycles. The average Bonchev–Trinajstić information content (AvgIpc) is 3.11. The van der Waals surface area contributed by atoms with E-state index in [0.29, 0.717) is 11.5 Å². The van der Waals surface area contributed by atoms with Crippen molar-refractivity contribution in [2.24, 2.45) is 0 Å². The number of fused-ring (bicyclic) bond motifs is 3. The Morgan fingerprint density at radius 3 is 2.60 bits per heavy atom. The van der Waals surface area contributed by atoms with Gasteiger partial charge in [-0.3, -0.25) is 9.36 Å². The van der Waals surface area contributed by atoms with E-state index >= 15 is 0 Å². The number of nitrogens with zero attached hydrogens (tertiary/aromatic N) is 2. The van der Waals surface area contributed by atoms with E-state index in [4.69, 9.17) is 4.98 Å². The molecule has 6 nitrogen and oxygen atoms in total. The zero-order chi connectivity index (χ0) is 20.7. The van der Waals surface area contributed by atoms with Crippen molar-refractivity contribution in [1.82, 2.24) is 9.55 Å². The molecule has 30 heavy (non-hydrogen) atoms. The van der Waals surface area contributed by atoms with Crippen molar-refractivity contribution in [1.29, 1.82) is 0 Å². The number of rotatable bonds is 3. The smallest absolute Gasteiger partial charge is 0.255 e. The molecule has 148 valence electrons. The summed E-state index contributed by atoms with van der Waals surface area (Å²) in [5.74, 6) is 0.610. The number of allylic oxidation sites excluding steroid dienone is 1. The number of carbonyl (C=O) groups excluding carboxylic acids is 1. The number of aromatic hydroxyl groups is 1. The van der Waals surface area contributed by atoms with E-state index in [1.165, 1.54) is 0 Å². The van der Waals surface area contributed by atoms with Gasteiger partial charge in [0.05, 0.1) is 22.6 Å². The van der Waals surface area contributed by atoms with Crippen molar-refractivity contribution >= 4 is 28.6 Å². The Labute approximate surface area is 173 Å². The predicted octanol–water partition coefficient (Wildman–Crippen LogP) is 4.67. The van der Waals surface area contributed by atoms with Gasteiger partial charge in [0, 0.05) is 11.4 Å². The lowest BCUT2D eigenvalue weighted by Crippen LogP contribution is -2.30. The summed E-state index contributed by atoms with van der Waals surface area (Å²) in [5, 5.41) is 16.4. The van der Waals surface area contributed by atoms with Crippen LogP contribution in [0.2, 0.25) is 0 Å². The van der Waals surface area contributed by atoms with Crippen LogP contribution >= 0.6 is 0 Å². The van der Waals surface area contributed by atoms with Crippen LogP contribution in [0.4, 0.5) is 11.6 Å². The molecule has 0 saturated carbocycles. The van der Waals surface area contributed by atoms with Gasteiger partial charge >= 0.3 is 0 Å². The van der Waals surface area contributed by atoms with Crippen LogP contribution in [-0.4, -0.2) is 20.6 Å². The molecule has 0 unspecified atom stereocenters. The molecular weight excluding hydrogens is 376 g/mol. The van der Waals surface area contributed by atoms with Gasteiger partial charge in [0.25, 0.3) is 5.91 Å². The molecule has 6 heteroatoms. The SMILES string of the molecule is CC1=C(C(=O)Nc2ccccc2)[C@@H](c2cccc(O)c2)n2c(nc3ccccc32)N1. The van der Waals surface area contributed by atoms with Crippen LogP contribution in [0, 0.1) is 0 Å². The van der Waals surface area contributed by atoms with Gasteiger partial charge in [-0.2, -0.15) is 0 Å². The molecule has 2 heterocycles. The Morgan fingerprint density at radius 1 is 1.03 bits per heavy atom. The zero-order valence-corrected chi connectivity index (χ0v) is 16.3. The quantitative estimate of drug-likeness (QED) is 0.470. The number of anilines is 2. The zero-order valence-electron chi connectivity index (χ0n) is 16.3. The van der Waals surface area contributed by atoms with Crippen LogP contribution in [0.1, 0.15) is 18.5 Å². The highest BCUT2D eigenvalue weighted by Crippen LogP contribution is 2.40. The number of nitrogens with one attached hydrogen (secondary N) is 2. The van der Waals surface area contributed by atoms with E-state index in [9.17, 15) is 9.90 Å². The minimum atomic E-state index is -0.440. The molecule has 1 aliphatic rings. The molecule has 0 saturated heterocycles. The maximum absolute atomic E-state index is 13.4. The molecule has 3 aromatic carbocycles. The summed E-state index contributed by atoms with van der Waals surface area (Å²) in [4.78, 5) is 18.1. The number of hydrogen-bond donors (Lipinski definition) is 3. The summed E-state index contributed by atoms with van der Waals surface area (Å²) in [7, 11) is 0. The lowest BCUT2D eigenvalue weighted by atomic mass is 9.94. The van der Waals surface area contributed by atoms with Gasteiger partial charge in [-0.15, -0.1) is 0 Å². The minimum absolute atomic E-state index is 0.150. The number of phenols is 1. The minimum Gasteiger partial charge on any atom is -0.508 e. The number of carbonyl (C=O) groups is 1. The van der Waals surface area contributed by atoms with Crippen LogP contribution in [0.15, 0.2) is 90.1 Å². The molecule has 1 atom stereocenters. The fourth-order valence-electron chi connectivity index (χ4n) is 3.99. The molecule has 1 aliphatic heterocycles. The Balaban J connectivity index is 1.69. The van der Waals surface area contributed by atoms with Gasteiger partial charge < -0.3 is 15.7 Å². The Morgan fingerprint density at radius 2 is 1.80 bits per heavy atom. The first kappa shape index (κ1) is 18.0. The first-order valence-electron chi connectivity index (χ1n) is 9.72. The van der Waals surface area contributed by atoms with Crippen LogP contribution in [-0.2, 0) is 4.79 Å². The highest BCUT2D eigenvalue weighted by Gasteiger charge is 2.34. The summed E-state index contributed by atoms with van der Waals surface area (Å²) in [6, 6.07) is 23.8. The Kier molecular flexibility index (Phi) is 4.25. The molecule has 0 bridgehead atoms. The fourth-order valence-corrected chi connectivity index (χ4v) is 3.99. The Bertz CT molecular complexity index is 1290. The first-order valence-corrected chi connectivity index (χ1v) is 9.72. The third kappa shape index (κ3) is 2.99. The van der Waals surface area contributed by atoms with Crippen LogP contribution in [0.25, 0.3) is 11.0 Å². The van der Waals surface area contributed by atoms with E-state index in [-0.39, 0.29) is 11.7 Å². The van der Waals surface area contributed by atoms with Crippen molar-refractivity contribution in [2.45, 2.75) is 13.0 Å². The monoisotopic (exact) mass is 396 g/mol. The van der Waals surface area contributed by atoms with E-state index < -0.39 is 6.04 Å². The van der Waals surface area contributed by atoms with Crippen molar-refractivity contribution in [2.75, 3.05) is 10.6 Å². The van der Waals surface area contributed by atoms with Gasteiger partial charge in [-0.05, 0) is 48.9 Å². The second kappa shape index (κ2) is 7.08. The lowest BCUT2D eigenvalue weighted by molar-refractivity contribution is -0.113. The highest BCUT2D eigenvalue weighted by atomic mass is 16.3. The number of amides is 1. The predicted molar refractivity (Wildman–Crippen MR) is 117 cm³/mol. The van der Waals surface area contributed by atoms with Crippen molar-refractivity contribution in [3.8, 4) is 5.75 Å². The third-order valence-corrected chi connectivity index (χ3v) is 5.29. The maximum atomic E-state index is 13.4. The van der Waals surface area contributed by atoms with Gasteiger partial charge in [-0.1, -0.05) is 42.5 Å². The number of aromatic nitrogens is 2. The number of hydrogen-bond acceptors (Lipinski definition) is 4. The second-order valence-corrected chi connectivity index (χ2v) is 7.28. The van der Waals surface area contributed by atoms with E-state index in [1.807, 2.05) is 72.2 Å². The molecule has 0 radical (unpaired) electrons. The largest absolute Gasteiger partial charge is 0.508 e. The summed E-state index contributed by atoms with van der Waals surface area (Å²) < 4.78 is 2.01. The van der Waals surface area contributed by atoms with Gasteiger partial charge in [0.15, 0.2) is 0 Å². The summed E-state index contributed by atoms with van der Waals surface area (Å²) in [5.41, 5.74) is 4.56. The van der Waals surface area contributed by atoms with Gasteiger partial charge in [0.1, 0.15) is 5.75 Å². The topological polar surface area (TPSA) is 79.2 Å². The van der Waals surface area contributed by atoms with Crippen LogP contribution in [0.3, 0.4) is 0 Å². The first-order chi connectivity index (χ1) is 14.6. The molecular formula is C24H20N4O2. The molecule has 1 amide bonds. The summed E-state index contributed by atoms with van der Waals surface area (Å²) in [6.07, 6.45) is 0. The lowest BCUT2D eigenvalue weighted by Gasteiger charge is -2.30. The number of imidazole rings is 1. The van der Waals surface area contributed by atoms with Gasteiger partial charge in [-0.25, -0.2) is 4.98 Å². The Hall–Kier alpha value is -4.06. The highest BCUT2D eigenvalue weighted by molar-refractivity contribution is 6.06. The fraction of sp³-hybridized carbons (Fsp3) is 0.0833. The van der Waals surface area contributed by atoms with Crippen molar-refractivity contribution < 1.29 is 9.90 Å². The molecule has 4 aromatic rings. The van der Waals surface area contributed by atoms with E-state index in [0.717, 1.165) is 28.0 Å². The standard InChI is InChI=1S/C24H20N4O2/c1-15-21(23(30)26-17-9-3-2-4-10-17)22(16-8-7-11-18(29)14-16)28-20-13-6-5-12-19(20)27-24(28)25-15/h2-14,22,29H,1H3,(H,25,27)(H,26,30)/t22-/m1/s1. The summed E-state index contributed by atoms with van der Waals surface area (Å²) in [6.45, 7) is 1.87. The third-order valence-electron chi connectivity index (χ3n) is 5.29. The number of benzene rings is 3. The molecule has 3 N–H and O–H groups in total. The van der Waals surface area contributed by atoms with Crippen molar-refractivity contribution in [3.05, 3.63) is 95.7 Å². The van der Waals surface area contributed by atoms with Crippen molar-refractivity contribution in [3.63, 3.8) is 0 Å². The summed E-state index contributed by atoms with van der Waals surface area (Å²) >= 11 is 0. The second-order valence-electron chi connectivity index (χ2n) is 7.28. The maximum Gasteiger partial charge on any atom is 0.255 e. The molecule has 0 aliphatic carbocycles. The van der Waals surface area contributed by atoms with E-state index in [1.54, 1.807) is 18.2 Å². The van der Waals surface area contributed by atoms with Gasteiger partial charge in [0.2, 0.25) is 5.95 Å².